The molecule has 19 heavy (non-hydrogen) atoms. The lowest BCUT2D eigenvalue weighted by Gasteiger charge is -2.30. The van der Waals surface area contributed by atoms with E-state index in [4.69, 9.17) is 10.5 Å². The summed E-state index contributed by atoms with van der Waals surface area (Å²) in [5, 5.41) is 0. The lowest BCUT2D eigenvalue weighted by Crippen LogP contribution is -2.42. The van der Waals surface area contributed by atoms with E-state index < -0.39 is 0 Å². The van der Waals surface area contributed by atoms with Crippen LogP contribution >= 0.6 is 0 Å². The number of hydrogen-bond donors (Lipinski definition) is 1. The summed E-state index contributed by atoms with van der Waals surface area (Å²) in [5.41, 5.74) is 7.42. The topological polar surface area (TPSA) is 55.6 Å². The van der Waals surface area contributed by atoms with Crippen molar-refractivity contribution in [2.24, 2.45) is 0 Å². The molecular weight excluding hydrogens is 240 g/mol. The summed E-state index contributed by atoms with van der Waals surface area (Å²) in [5.74, 6) is 0.0412. The molecule has 2 rings (SSSR count). The van der Waals surface area contributed by atoms with Gasteiger partial charge in [0.2, 0.25) is 0 Å². The summed E-state index contributed by atoms with van der Waals surface area (Å²) in [6.45, 7) is 3.41. The number of nitrogen functional groups attached to an aromatic ring is 1. The Morgan fingerprint density at radius 3 is 2.84 bits per heavy atom. The third-order valence-electron chi connectivity index (χ3n) is 3.40. The molecule has 0 spiro atoms. The minimum absolute atomic E-state index is 0.0412. The van der Waals surface area contributed by atoms with E-state index in [0.717, 1.165) is 31.4 Å². The van der Waals surface area contributed by atoms with Gasteiger partial charge in [-0.15, -0.1) is 0 Å². The minimum Gasteiger partial charge on any atom is -0.397 e. The maximum Gasteiger partial charge on any atom is 0.256 e. The number of anilines is 2. The van der Waals surface area contributed by atoms with Crippen molar-refractivity contribution in [1.29, 1.82) is 0 Å². The number of amides is 1. The molecular formula is C15H22N2O2. The van der Waals surface area contributed by atoms with Crippen LogP contribution in [0.2, 0.25) is 0 Å². The van der Waals surface area contributed by atoms with Gasteiger partial charge in [0.15, 0.2) is 0 Å². The van der Waals surface area contributed by atoms with Crippen molar-refractivity contribution in [2.75, 3.05) is 23.8 Å². The lowest BCUT2D eigenvalue weighted by molar-refractivity contribution is -0.132. The quantitative estimate of drug-likeness (QED) is 0.848. The fraction of sp³-hybridized carbons (Fsp3) is 0.533. The van der Waals surface area contributed by atoms with Crippen LogP contribution in [0, 0.1) is 0 Å². The van der Waals surface area contributed by atoms with Crippen molar-refractivity contribution >= 4 is 17.3 Å². The molecule has 0 aliphatic carbocycles. The standard InChI is InChI=1S/C15H22N2O2/c1-2-10-17(13-8-4-3-7-12(13)16)15(18)14-9-5-6-11-19-14/h3-4,7-8,14H,2,5-6,9-11,16H2,1H3. The summed E-state index contributed by atoms with van der Waals surface area (Å²) in [6, 6.07) is 7.51. The molecule has 1 aromatic rings. The Morgan fingerprint density at radius 2 is 2.21 bits per heavy atom. The van der Waals surface area contributed by atoms with Crippen LogP contribution < -0.4 is 10.6 Å². The Kier molecular flexibility index (Phi) is 4.80. The van der Waals surface area contributed by atoms with Crippen LogP contribution in [-0.4, -0.2) is 25.2 Å². The molecule has 1 atom stereocenters. The van der Waals surface area contributed by atoms with Crippen LogP contribution in [0.15, 0.2) is 24.3 Å². The first-order chi connectivity index (χ1) is 9.24. The van der Waals surface area contributed by atoms with E-state index in [0.29, 0.717) is 18.8 Å². The molecule has 1 aliphatic heterocycles. The SMILES string of the molecule is CCCN(C(=O)C1CCCCO1)c1ccccc1N. The summed E-state index contributed by atoms with van der Waals surface area (Å²) in [6.07, 6.45) is 3.50. The van der Waals surface area contributed by atoms with E-state index in [1.54, 1.807) is 4.90 Å². The zero-order valence-corrected chi connectivity index (χ0v) is 11.5. The van der Waals surface area contributed by atoms with Gasteiger partial charge in [-0.2, -0.15) is 0 Å². The molecule has 1 heterocycles. The molecule has 1 aliphatic rings. The summed E-state index contributed by atoms with van der Waals surface area (Å²) >= 11 is 0. The molecule has 1 fully saturated rings. The van der Waals surface area contributed by atoms with Crippen molar-refractivity contribution in [3.63, 3.8) is 0 Å². The Bertz CT molecular complexity index is 428. The Labute approximate surface area is 114 Å². The molecule has 2 N–H and O–H groups in total. The fourth-order valence-electron chi connectivity index (χ4n) is 2.42. The van der Waals surface area contributed by atoms with Gasteiger partial charge in [0.1, 0.15) is 6.10 Å². The smallest absolute Gasteiger partial charge is 0.256 e. The molecule has 1 aromatic carbocycles. The molecule has 1 saturated heterocycles. The maximum absolute atomic E-state index is 12.6. The predicted molar refractivity (Wildman–Crippen MR) is 77.1 cm³/mol. The van der Waals surface area contributed by atoms with Gasteiger partial charge in [-0.25, -0.2) is 0 Å². The normalized spacial score (nSPS) is 19.1. The molecule has 0 bridgehead atoms. The van der Waals surface area contributed by atoms with Crippen LogP contribution in [0.4, 0.5) is 11.4 Å². The summed E-state index contributed by atoms with van der Waals surface area (Å²) in [4.78, 5) is 14.4. The second-order valence-corrected chi connectivity index (χ2v) is 4.90. The van der Waals surface area contributed by atoms with Crippen LogP contribution in [-0.2, 0) is 9.53 Å². The highest BCUT2D eigenvalue weighted by molar-refractivity contribution is 5.99. The number of carbonyl (C=O) groups is 1. The molecule has 0 radical (unpaired) electrons. The number of benzene rings is 1. The number of rotatable bonds is 4. The van der Waals surface area contributed by atoms with Gasteiger partial charge >= 0.3 is 0 Å². The number of ether oxygens (including phenoxy) is 1. The second-order valence-electron chi connectivity index (χ2n) is 4.90. The summed E-state index contributed by atoms with van der Waals surface area (Å²) < 4.78 is 5.60. The van der Waals surface area contributed by atoms with E-state index >= 15 is 0 Å². The number of hydrogen-bond acceptors (Lipinski definition) is 3. The third kappa shape index (κ3) is 3.26. The van der Waals surface area contributed by atoms with Gasteiger partial charge in [0, 0.05) is 13.2 Å². The molecule has 4 nitrogen and oxygen atoms in total. The minimum atomic E-state index is -0.306. The highest BCUT2D eigenvalue weighted by atomic mass is 16.5. The van der Waals surface area contributed by atoms with Crippen molar-refractivity contribution in [2.45, 2.75) is 38.7 Å². The fourth-order valence-corrected chi connectivity index (χ4v) is 2.42. The zero-order valence-electron chi connectivity index (χ0n) is 11.5. The van der Waals surface area contributed by atoms with Gasteiger partial charge < -0.3 is 15.4 Å². The van der Waals surface area contributed by atoms with E-state index in [-0.39, 0.29) is 12.0 Å². The van der Waals surface area contributed by atoms with Gasteiger partial charge in [-0.1, -0.05) is 19.1 Å². The molecule has 1 amide bonds. The van der Waals surface area contributed by atoms with Gasteiger partial charge in [-0.3, -0.25) is 4.79 Å². The molecule has 1 unspecified atom stereocenters. The Hall–Kier alpha value is -1.55. The Morgan fingerprint density at radius 1 is 1.42 bits per heavy atom. The van der Waals surface area contributed by atoms with Crippen molar-refractivity contribution in [3.8, 4) is 0 Å². The first kappa shape index (κ1) is 13.9. The largest absolute Gasteiger partial charge is 0.397 e. The molecule has 0 aromatic heterocycles. The predicted octanol–water partition coefficient (Wildman–Crippen LogP) is 2.58. The zero-order chi connectivity index (χ0) is 13.7. The average molecular weight is 262 g/mol. The molecule has 0 saturated carbocycles. The highest BCUT2D eigenvalue weighted by Crippen LogP contribution is 2.25. The van der Waals surface area contributed by atoms with E-state index in [2.05, 4.69) is 6.92 Å². The van der Waals surface area contributed by atoms with Crippen LogP contribution in [0.5, 0.6) is 0 Å². The first-order valence-corrected chi connectivity index (χ1v) is 7.01. The van der Waals surface area contributed by atoms with Gasteiger partial charge in [0.25, 0.3) is 5.91 Å². The van der Waals surface area contributed by atoms with E-state index in [1.807, 2.05) is 24.3 Å². The van der Waals surface area contributed by atoms with Crippen LogP contribution in [0.3, 0.4) is 0 Å². The molecule has 4 heteroatoms. The number of carbonyl (C=O) groups excluding carboxylic acids is 1. The highest BCUT2D eigenvalue weighted by Gasteiger charge is 2.28. The van der Waals surface area contributed by atoms with Crippen LogP contribution in [0.1, 0.15) is 32.6 Å². The van der Waals surface area contributed by atoms with Crippen LogP contribution in [0.25, 0.3) is 0 Å². The third-order valence-corrected chi connectivity index (χ3v) is 3.40. The maximum atomic E-state index is 12.6. The van der Waals surface area contributed by atoms with Gasteiger partial charge in [0.05, 0.1) is 11.4 Å². The average Bonchev–Trinajstić information content (AvgIpc) is 2.46. The number of para-hydroxylation sites is 2. The second kappa shape index (κ2) is 6.57. The lowest BCUT2D eigenvalue weighted by atomic mass is 10.1. The van der Waals surface area contributed by atoms with Crippen molar-refractivity contribution in [3.05, 3.63) is 24.3 Å². The Balaban J connectivity index is 2.19. The first-order valence-electron chi connectivity index (χ1n) is 7.01. The van der Waals surface area contributed by atoms with Crippen molar-refractivity contribution in [1.82, 2.24) is 0 Å². The monoisotopic (exact) mass is 262 g/mol. The number of nitrogens with two attached hydrogens (primary N) is 1. The van der Waals surface area contributed by atoms with E-state index in [1.165, 1.54) is 0 Å². The van der Waals surface area contributed by atoms with Crippen molar-refractivity contribution < 1.29 is 9.53 Å². The van der Waals surface area contributed by atoms with E-state index in [9.17, 15) is 4.79 Å². The summed E-state index contributed by atoms with van der Waals surface area (Å²) in [7, 11) is 0. The van der Waals surface area contributed by atoms with Gasteiger partial charge in [-0.05, 0) is 37.8 Å². The number of nitrogens with zero attached hydrogens (tertiary/aromatic N) is 1. The molecule has 104 valence electrons.